The van der Waals surface area contributed by atoms with Gasteiger partial charge < -0.3 is 10.2 Å². The fourth-order valence-electron chi connectivity index (χ4n) is 1.59. The lowest BCUT2D eigenvalue weighted by atomic mass is 10.0. The van der Waals surface area contributed by atoms with Gasteiger partial charge in [0.15, 0.2) is 5.58 Å². The van der Waals surface area contributed by atoms with E-state index < -0.39 is 0 Å². The van der Waals surface area contributed by atoms with E-state index in [0.717, 1.165) is 0 Å². The smallest absolute Gasteiger partial charge is 0.153 e. The molecule has 86 valence electrons. The van der Waals surface area contributed by atoms with Crippen molar-refractivity contribution in [2.75, 3.05) is 0 Å². The summed E-state index contributed by atoms with van der Waals surface area (Å²) >= 11 is 5.89. The van der Waals surface area contributed by atoms with Crippen LogP contribution in [-0.2, 0) is 0 Å². The van der Waals surface area contributed by atoms with Crippen LogP contribution in [0.1, 0.15) is 25.6 Å². The molecule has 0 aliphatic carbocycles. The molecule has 0 aliphatic heterocycles. The minimum atomic E-state index is -0.372. The highest BCUT2D eigenvalue weighted by Gasteiger charge is 2.17. The molecule has 1 atom stereocenters. The van der Waals surface area contributed by atoms with Crippen LogP contribution in [0.5, 0.6) is 0 Å². The monoisotopic (exact) mass is 241 g/mol. The molecule has 0 fully saturated rings. The molecule has 1 aromatic heterocycles. The fourth-order valence-corrected chi connectivity index (χ4v) is 1.84. The zero-order valence-electron chi connectivity index (χ0n) is 9.13. The summed E-state index contributed by atoms with van der Waals surface area (Å²) in [6.07, 6.45) is 0. The second kappa shape index (κ2) is 4.07. The first-order valence-corrected chi connectivity index (χ1v) is 5.51. The van der Waals surface area contributed by atoms with E-state index >= 15 is 0 Å². The van der Waals surface area contributed by atoms with Crippen LogP contribution in [0.2, 0.25) is 5.02 Å². The summed E-state index contributed by atoms with van der Waals surface area (Å²) < 4.78 is 18.7. The SMILES string of the molecule is CC(C)C(N)c1cc2cc(F)cc(Cl)c2o1. The first-order chi connectivity index (χ1) is 7.49. The Balaban J connectivity index is 2.56. The van der Waals surface area contributed by atoms with E-state index in [1.165, 1.54) is 12.1 Å². The quantitative estimate of drug-likeness (QED) is 0.867. The van der Waals surface area contributed by atoms with E-state index in [1.807, 2.05) is 13.8 Å². The van der Waals surface area contributed by atoms with Crippen molar-refractivity contribution in [3.05, 3.63) is 34.8 Å². The maximum atomic E-state index is 13.1. The normalized spacial score (nSPS) is 13.6. The molecule has 0 saturated carbocycles. The molecule has 2 nitrogen and oxygen atoms in total. The zero-order chi connectivity index (χ0) is 11.9. The number of hydrogen-bond donors (Lipinski definition) is 1. The molecule has 2 aromatic rings. The molecule has 0 bridgehead atoms. The molecule has 1 unspecified atom stereocenters. The van der Waals surface area contributed by atoms with Crippen molar-refractivity contribution in [1.29, 1.82) is 0 Å². The summed E-state index contributed by atoms with van der Waals surface area (Å²) in [6, 6.07) is 4.17. The third-order valence-electron chi connectivity index (χ3n) is 2.60. The lowest BCUT2D eigenvalue weighted by molar-refractivity contribution is 0.418. The van der Waals surface area contributed by atoms with E-state index in [-0.39, 0.29) is 22.8 Å². The molecule has 0 amide bonds. The van der Waals surface area contributed by atoms with Crippen LogP contribution in [0.15, 0.2) is 22.6 Å². The fraction of sp³-hybridized carbons (Fsp3) is 0.333. The van der Waals surface area contributed by atoms with Crippen LogP contribution in [-0.4, -0.2) is 0 Å². The van der Waals surface area contributed by atoms with Crippen molar-refractivity contribution in [3.63, 3.8) is 0 Å². The second-order valence-corrected chi connectivity index (χ2v) is 4.63. The Morgan fingerprint density at radius 2 is 2.00 bits per heavy atom. The molecular weight excluding hydrogens is 229 g/mol. The second-order valence-electron chi connectivity index (χ2n) is 4.22. The van der Waals surface area contributed by atoms with Crippen molar-refractivity contribution in [2.24, 2.45) is 11.7 Å². The average Bonchev–Trinajstić information content (AvgIpc) is 2.60. The summed E-state index contributed by atoms with van der Waals surface area (Å²) in [7, 11) is 0. The topological polar surface area (TPSA) is 39.2 Å². The largest absolute Gasteiger partial charge is 0.458 e. The highest BCUT2D eigenvalue weighted by molar-refractivity contribution is 6.34. The van der Waals surface area contributed by atoms with Gasteiger partial charge in [0.1, 0.15) is 11.6 Å². The molecule has 1 aromatic carbocycles. The third kappa shape index (κ3) is 1.93. The van der Waals surface area contributed by atoms with E-state index in [2.05, 4.69) is 0 Å². The van der Waals surface area contributed by atoms with Crippen molar-refractivity contribution in [3.8, 4) is 0 Å². The Hall–Kier alpha value is -1.06. The maximum absolute atomic E-state index is 13.1. The minimum absolute atomic E-state index is 0.202. The number of rotatable bonds is 2. The number of hydrogen-bond acceptors (Lipinski definition) is 2. The van der Waals surface area contributed by atoms with Crippen LogP contribution >= 0.6 is 11.6 Å². The first-order valence-electron chi connectivity index (χ1n) is 5.13. The lowest BCUT2D eigenvalue weighted by Crippen LogP contribution is -2.15. The van der Waals surface area contributed by atoms with Gasteiger partial charge in [-0.15, -0.1) is 0 Å². The molecular formula is C12H13ClFNO. The van der Waals surface area contributed by atoms with Gasteiger partial charge in [0, 0.05) is 5.39 Å². The number of nitrogens with two attached hydrogens (primary N) is 1. The van der Waals surface area contributed by atoms with Gasteiger partial charge in [0.2, 0.25) is 0 Å². The zero-order valence-corrected chi connectivity index (χ0v) is 9.88. The van der Waals surface area contributed by atoms with Crippen molar-refractivity contribution in [1.82, 2.24) is 0 Å². The van der Waals surface area contributed by atoms with Crippen molar-refractivity contribution >= 4 is 22.6 Å². The number of fused-ring (bicyclic) bond motifs is 1. The van der Waals surface area contributed by atoms with Gasteiger partial charge in [-0.3, -0.25) is 0 Å². The predicted molar refractivity (Wildman–Crippen MR) is 62.9 cm³/mol. The minimum Gasteiger partial charge on any atom is -0.458 e. The van der Waals surface area contributed by atoms with Gasteiger partial charge in [0.05, 0.1) is 11.1 Å². The molecule has 0 spiro atoms. The van der Waals surface area contributed by atoms with Gasteiger partial charge in [-0.1, -0.05) is 25.4 Å². The average molecular weight is 242 g/mol. The van der Waals surface area contributed by atoms with Crippen LogP contribution in [0.25, 0.3) is 11.0 Å². The molecule has 16 heavy (non-hydrogen) atoms. The molecule has 0 saturated heterocycles. The highest BCUT2D eigenvalue weighted by Crippen LogP contribution is 2.31. The molecule has 1 heterocycles. The molecule has 4 heteroatoms. The summed E-state index contributed by atoms with van der Waals surface area (Å²) in [6.45, 7) is 4.00. The third-order valence-corrected chi connectivity index (χ3v) is 2.88. The van der Waals surface area contributed by atoms with Gasteiger partial charge in [-0.2, -0.15) is 0 Å². The maximum Gasteiger partial charge on any atom is 0.153 e. The summed E-state index contributed by atoms with van der Waals surface area (Å²) in [5.74, 6) is 0.518. The van der Waals surface area contributed by atoms with Crippen LogP contribution in [0.4, 0.5) is 4.39 Å². The van der Waals surface area contributed by atoms with Gasteiger partial charge in [-0.25, -0.2) is 4.39 Å². The molecule has 2 rings (SSSR count). The summed E-state index contributed by atoms with van der Waals surface area (Å²) in [5, 5.41) is 0.924. The van der Waals surface area contributed by atoms with Crippen molar-refractivity contribution in [2.45, 2.75) is 19.9 Å². The van der Waals surface area contributed by atoms with Gasteiger partial charge in [-0.05, 0) is 24.1 Å². The Bertz CT molecular complexity index is 521. The predicted octanol–water partition coefficient (Wildman–Crippen LogP) is 3.88. The first kappa shape index (κ1) is 11.4. The van der Waals surface area contributed by atoms with E-state index in [0.29, 0.717) is 16.7 Å². The molecule has 0 radical (unpaired) electrons. The van der Waals surface area contributed by atoms with Crippen molar-refractivity contribution < 1.29 is 8.81 Å². The number of benzene rings is 1. The lowest BCUT2D eigenvalue weighted by Gasteiger charge is -2.11. The Morgan fingerprint density at radius 1 is 1.31 bits per heavy atom. The van der Waals surface area contributed by atoms with Crippen LogP contribution < -0.4 is 5.73 Å². The van der Waals surface area contributed by atoms with Crippen LogP contribution in [0, 0.1) is 11.7 Å². The van der Waals surface area contributed by atoms with Gasteiger partial charge >= 0.3 is 0 Å². The number of halogens is 2. The molecule has 0 aliphatic rings. The summed E-state index contributed by atoms with van der Waals surface area (Å²) in [5.41, 5.74) is 6.45. The van der Waals surface area contributed by atoms with Gasteiger partial charge in [0.25, 0.3) is 0 Å². The van der Waals surface area contributed by atoms with E-state index in [4.69, 9.17) is 21.8 Å². The summed E-state index contributed by atoms with van der Waals surface area (Å²) in [4.78, 5) is 0. The standard InChI is InChI=1S/C12H13ClFNO/c1-6(2)11(15)10-4-7-3-8(14)5-9(13)12(7)16-10/h3-6,11H,15H2,1-2H3. The highest BCUT2D eigenvalue weighted by atomic mass is 35.5. The number of furan rings is 1. The van der Waals surface area contributed by atoms with Crippen LogP contribution in [0.3, 0.4) is 0 Å². The Kier molecular flexibility index (Phi) is 2.91. The van der Waals surface area contributed by atoms with E-state index in [9.17, 15) is 4.39 Å². The Labute approximate surface area is 98.2 Å². The Morgan fingerprint density at radius 3 is 2.62 bits per heavy atom. The van der Waals surface area contributed by atoms with E-state index in [1.54, 1.807) is 6.07 Å². The molecule has 2 N–H and O–H groups in total.